The standard InChI is InChI=1S/C48H39N3O.Pt/c1-32(2)42-30-39(36-25-23-35(24-26-36)34-14-6-5-7-15-34)31-43(33(3)4)47(42)51-46-22-9-8-21-45(46)50-48(51)38-17-13-19-41(29-38)52-40-18-12-16-37(28-40)44-20-10-11-27-49-44;/h5-27,30-33H,1-4H3;/q-2;+2. The van der Waals surface area contributed by atoms with Crippen LogP contribution in [0.2, 0.25) is 0 Å². The van der Waals surface area contributed by atoms with Gasteiger partial charge in [0.1, 0.15) is 0 Å². The van der Waals surface area contributed by atoms with Gasteiger partial charge in [0, 0.05) is 23.4 Å². The molecule has 0 aliphatic rings. The number of hydrogen-bond acceptors (Lipinski definition) is 3. The number of aromatic nitrogens is 3. The fraction of sp³-hybridized carbons (Fsp3) is 0.125. The Morgan fingerprint density at radius 2 is 1.11 bits per heavy atom. The van der Waals surface area contributed by atoms with Gasteiger partial charge in [-0.1, -0.05) is 119 Å². The van der Waals surface area contributed by atoms with E-state index in [2.05, 4.69) is 140 Å². The molecule has 2 aromatic heterocycles. The average molecular weight is 869 g/mol. The normalized spacial score (nSPS) is 11.2. The van der Waals surface area contributed by atoms with E-state index in [0.717, 1.165) is 33.7 Å². The molecule has 8 aromatic rings. The molecule has 6 aromatic carbocycles. The Morgan fingerprint density at radius 1 is 0.547 bits per heavy atom. The number of rotatable bonds is 9. The van der Waals surface area contributed by atoms with Gasteiger partial charge in [0.25, 0.3) is 0 Å². The van der Waals surface area contributed by atoms with Crippen molar-refractivity contribution in [3.8, 4) is 62.1 Å². The quantitative estimate of drug-likeness (QED) is 0.136. The second-order valence-electron chi connectivity index (χ2n) is 13.7. The summed E-state index contributed by atoms with van der Waals surface area (Å²) >= 11 is 0. The van der Waals surface area contributed by atoms with Gasteiger partial charge in [-0.15, -0.1) is 47.5 Å². The number of ether oxygens (including phenoxy) is 1. The molecular weight excluding hydrogens is 830 g/mol. The number of pyridine rings is 1. The van der Waals surface area contributed by atoms with Crippen molar-refractivity contribution in [2.24, 2.45) is 0 Å². The second-order valence-corrected chi connectivity index (χ2v) is 13.7. The molecule has 5 heteroatoms. The molecule has 262 valence electrons. The zero-order chi connectivity index (χ0) is 35.6. The van der Waals surface area contributed by atoms with Gasteiger partial charge in [-0.25, -0.2) is 0 Å². The van der Waals surface area contributed by atoms with Crippen LogP contribution in [0.15, 0.2) is 152 Å². The zero-order valence-electron chi connectivity index (χ0n) is 30.2. The fourth-order valence-electron chi connectivity index (χ4n) is 6.84. The second kappa shape index (κ2) is 15.6. The monoisotopic (exact) mass is 868 g/mol. The van der Waals surface area contributed by atoms with E-state index in [1.165, 1.54) is 39.1 Å². The number of fused-ring (bicyclic) bond motifs is 1. The van der Waals surface area contributed by atoms with Gasteiger partial charge < -0.3 is 14.3 Å². The Balaban J connectivity index is 0.00000435. The largest absolute Gasteiger partial charge is 2.00 e. The van der Waals surface area contributed by atoms with Crippen molar-refractivity contribution in [2.45, 2.75) is 39.5 Å². The third-order valence-electron chi connectivity index (χ3n) is 9.46. The van der Waals surface area contributed by atoms with Crippen LogP contribution >= 0.6 is 0 Å². The maximum absolute atomic E-state index is 6.37. The molecule has 4 nitrogen and oxygen atoms in total. The van der Waals surface area contributed by atoms with Crippen molar-refractivity contribution in [3.63, 3.8) is 0 Å². The minimum atomic E-state index is 0. The van der Waals surface area contributed by atoms with Gasteiger partial charge in [0.05, 0.1) is 16.9 Å². The first-order valence-electron chi connectivity index (χ1n) is 17.9. The molecule has 0 unspecified atom stereocenters. The van der Waals surface area contributed by atoms with Crippen LogP contribution in [0.3, 0.4) is 0 Å². The Labute approximate surface area is 326 Å². The molecule has 0 fully saturated rings. The van der Waals surface area contributed by atoms with Crippen molar-refractivity contribution >= 4 is 11.0 Å². The molecule has 2 heterocycles. The molecule has 8 rings (SSSR count). The first-order chi connectivity index (χ1) is 25.4. The van der Waals surface area contributed by atoms with Crippen LogP contribution in [0.4, 0.5) is 0 Å². The molecular formula is C48H39N3OPt. The van der Waals surface area contributed by atoms with Gasteiger partial charge in [-0.3, -0.25) is 4.98 Å². The average Bonchev–Trinajstić information content (AvgIpc) is 3.58. The van der Waals surface area contributed by atoms with Gasteiger partial charge >= 0.3 is 21.1 Å². The van der Waals surface area contributed by atoms with Crippen molar-refractivity contribution < 1.29 is 25.8 Å². The molecule has 0 aliphatic heterocycles. The maximum atomic E-state index is 6.37. The van der Waals surface area contributed by atoms with E-state index in [0.29, 0.717) is 11.5 Å². The van der Waals surface area contributed by atoms with Crippen molar-refractivity contribution in [2.75, 3.05) is 0 Å². The Hall–Kier alpha value is -5.57. The zero-order valence-corrected chi connectivity index (χ0v) is 32.4. The molecule has 0 atom stereocenters. The number of hydrogen-bond donors (Lipinski definition) is 0. The SMILES string of the molecule is CC(C)c1cc(-c2ccc(-c3ccccc3)cc2)cc(C(C)C)c1-n1c(-c2[c-]c(Oc3[c-]c(-c4ccccn4)ccc3)ccc2)nc2ccccc21.[Pt+2]. The summed E-state index contributed by atoms with van der Waals surface area (Å²) in [6.07, 6.45) is 1.78. The van der Waals surface area contributed by atoms with Crippen LogP contribution in [-0.4, -0.2) is 14.5 Å². The molecule has 0 N–H and O–H groups in total. The number of benzene rings is 6. The van der Waals surface area contributed by atoms with Crippen molar-refractivity contribution in [1.29, 1.82) is 0 Å². The smallest absolute Gasteiger partial charge is 0.497 e. The van der Waals surface area contributed by atoms with E-state index in [4.69, 9.17) is 9.72 Å². The van der Waals surface area contributed by atoms with Crippen LogP contribution in [0.5, 0.6) is 11.5 Å². The number of imidazole rings is 1. The van der Waals surface area contributed by atoms with E-state index in [1.54, 1.807) is 6.20 Å². The maximum Gasteiger partial charge on any atom is 2.00 e. The molecule has 53 heavy (non-hydrogen) atoms. The summed E-state index contributed by atoms with van der Waals surface area (Å²) < 4.78 is 8.71. The predicted molar refractivity (Wildman–Crippen MR) is 213 cm³/mol. The molecule has 0 saturated heterocycles. The molecule has 0 spiro atoms. The van der Waals surface area contributed by atoms with Crippen molar-refractivity contribution in [1.82, 2.24) is 14.5 Å². The molecule has 0 bridgehead atoms. The van der Waals surface area contributed by atoms with Crippen LogP contribution in [0.1, 0.15) is 50.7 Å². The van der Waals surface area contributed by atoms with E-state index in [9.17, 15) is 0 Å². The minimum absolute atomic E-state index is 0. The molecule has 0 amide bonds. The van der Waals surface area contributed by atoms with E-state index < -0.39 is 0 Å². The Bertz CT molecular complexity index is 2460. The summed E-state index contributed by atoms with van der Waals surface area (Å²) in [6.45, 7) is 9.11. The van der Waals surface area contributed by atoms with E-state index in [1.807, 2.05) is 54.6 Å². The number of nitrogens with zero attached hydrogens (tertiary/aromatic N) is 3. The van der Waals surface area contributed by atoms with Gasteiger partial charge in [0.15, 0.2) is 0 Å². The topological polar surface area (TPSA) is 39.9 Å². The van der Waals surface area contributed by atoms with E-state index in [-0.39, 0.29) is 32.9 Å². The molecule has 0 aliphatic carbocycles. The molecule has 0 saturated carbocycles. The van der Waals surface area contributed by atoms with Crippen LogP contribution in [-0.2, 0) is 21.1 Å². The van der Waals surface area contributed by atoms with Gasteiger partial charge in [-0.05, 0) is 81.2 Å². The summed E-state index contributed by atoms with van der Waals surface area (Å²) in [4.78, 5) is 9.72. The fourth-order valence-corrected chi connectivity index (χ4v) is 6.84. The third kappa shape index (κ3) is 7.38. The summed E-state index contributed by atoms with van der Waals surface area (Å²) in [6, 6.07) is 57.2. The van der Waals surface area contributed by atoms with Crippen LogP contribution in [0.25, 0.3) is 61.6 Å². The third-order valence-corrected chi connectivity index (χ3v) is 9.46. The van der Waals surface area contributed by atoms with Crippen LogP contribution in [0, 0.1) is 12.1 Å². The van der Waals surface area contributed by atoms with Gasteiger partial charge in [0.2, 0.25) is 0 Å². The van der Waals surface area contributed by atoms with Crippen molar-refractivity contribution in [3.05, 3.63) is 175 Å². The summed E-state index contributed by atoms with van der Waals surface area (Å²) in [5, 5.41) is 0. The first kappa shape index (κ1) is 35.8. The van der Waals surface area contributed by atoms with Crippen LogP contribution < -0.4 is 4.74 Å². The Morgan fingerprint density at radius 3 is 1.75 bits per heavy atom. The van der Waals surface area contributed by atoms with Gasteiger partial charge in [-0.2, -0.15) is 0 Å². The predicted octanol–water partition coefficient (Wildman–Crippen LogP) is 12.7. The first-order valence-corrected chi connectivity index (χ1v) is 17.9. The minimum Gasteiger partial charge on any atom is -0.497 e. The summed E-state index contributed by atoms with van der Waals surface area (Å²) in [7, 11) is 0. The Kier molecular flexibility index (Phi) is 10.5. The molecule has 0 radical (unpaired) electrons. The summed E-state index contributed by atoms with van der Waals surface area (Å²) in [5.41, 5.74) is 13.1. The summed E-state index contributed by atoms with van der Waals surface area (Å²) in [5.74, 6) is 2.52. The van der Waals surface area contributed by atoms with E-state index >= 15 is 0 Å². The number of para-hydroxylation sites is 2.